The van der Waals surface area contributed by atoms with Crippen molar-refractivity contribution in [3.63, 3.8) is 0 Å². The lowest BCUT2D eigenvalue weighted by molar-refractivity contribution is -0.138. The standard InChI is InChI=1S/C6H14N2O.C5H10O2/c1-9-5-6-4-7-2-3-8-6;1-5(2,3)7-4-6/h6-8H,2-5H2,1H3;4H,1-3H3. The van der Waals surface area contributed by atoms with E-state index in [0.717, 1.165) is 26.2 Å². The van der Waals surface area contributed by atoms with Gasteiger partial charge in [-0.25, -0.2) is 0 Å². The highest BCUT2D eigenvalue weighted by Gasteiger charge is 2.09. The number of rotatable bonds is 3. The number of ether oxygens (including phenoxy) is 2. The molecular weight excluding hydrogens is 208 g/mol. The second kappa shape index (κ2) is 8.50. The van der Waals surface area contributed by atoms with Crippen molar-refractivity contribution >= 4 is 6.47 Å². The van der Waals surface area contributed by atoms with Gasteiger partial charge in [0.05, 0.1) is 6.61 Å². The Kier molecular flexibility index (Phi) is 8.15. The average molecular weight is 232 g/mol. The Morgan fingerprint density at radius 2 is 2.06 bits per heavy atom. The van der Waals surface area contributed by atoms with Gasteiger partial charge in [0.15, 0.2) is 0 Å². The summed E-state index contributed by atoms with van der Waals surface area (Å²) in [5.74, 6) is 0. The molecule has 0 bridgehead atoms. The first-order valence-corrected chi connectivity index (χ1v) is 5.54. The number of carbonyl (C=O) groups excluding carboxylic acids is 1. The van der Waals surface area contributed by atoms with Gasteiger partial charge in [-0.05, 0) is 20.8 Å². The summed E-state index contributed by atoms with van der Waals surface area (Å²) < 4.78 is 9.53. The maximum absolute atomic E-state index is 9.60. The van der Waals surface area contributed by atoms with Crippen LogP contribution in [0.3, 0.4) is 0 Å². The Balaban J connectivity index is 0.000000293. The molecule has 0 aromatic carbocycles. The van der Waals surface area contributed by atoms with E-state index >= 15 is 0 Å². The maximum atomic E-state index is 9.60. The molecule has 1 fully saturated rings. The van der Waals surface area contributed by atoms with Gasteiger partial charge in [0.25, 0.3) is 6.47 Å². The van der Waals surface area contributed by atoms with Gasteiger partial charge in [-0.15, -0.1) is 0 Å². The normalized spacial score (nSPS) is 20.6. The minimum absolute atomic E-state index is 0.318. The molecule has 5 heteroatoms. The molecule has 1 saturated heterocycles. The predicted molar refractivity (Wildman–Crippen MR) is 63.4 cm³/mol. The largest absolute Gasteiger partial charge is 0.462 e. The van der Waals surface area contributed by atoms with E-state index in [2.05, 4.69) is 15.4 Å². The molecule has 1 atom stereocenters. The zero-order valence-corrected chi connectivity index (χ0v) is 10.7. The molecule has 0 saturated carbocycles. The first-order valence-electron chi connectivity index (χ1n) is 5.54. The molecule has 1 rings (SSSR count). The number of piperazine rings is 1. The maximum Gasteiger partial charge on any atom is 0.293 e. The van der Waals surface area contributed by atoms with Crippen LogP contribution in [0.15, 0.2) is 0 Å². The monoisotopic (exact) mass is 232 g/mol. The van der Waals surface area contributed by atoms with Gasteiger partial charge < -0.3 is 20.1 Å². The van der Waals surface area contributed by atoms with E-state index in [1.165, 1.54) is 0 Å². The van der Waals surface area contributed by atoms with Crippen LogP contribution >= 0.6 is 0 Å². The molecule has 1 aliphatic rings. The summed E-state index contributed by atoms with van der Waals surface area (Å²) in [4.78, 5) is 9.60. The minimum atomic E-state index is -0.318. The molecule has 0 aliphatic carbocycles. The van der Waals surface area contributed by atoms with Crippen molar-refractivity contribution in [2.24, 2.45) is 0 Å². The van der Waals surface area contributed by atoms with Gasteiger partial charge >= 0.3 is 0 Å². The molecule has 1 unspecified atom stereocenters. The predicted octanol–water partition coefficient (Wildman–Crippen LogP) is 0.152. The van der Waals surface area contributed by atoms with E-state index in [9.17, 15) is 4.79 Å². The van der Waals surface area contributed by atoms with E-state index in [0.29, 0.717) is 12.5 Å². The number of carbonyl (C=O) groups is 1. The smallest absolute Gasteiger partial charge is 0.293 e. The summed E-state index contributed by atoms with van der Waals surface area (Å²) in [5.41, 5.74) is -0.318. The van der Waals surface area contributed by atoms with Gasteiger partial charge in [-0.2, -0.15) is 0 Å². The van der Waals surface area contributed by atoms with Gasteiger partial charge in [-0.1, -0.05) is 0 Å². The molecule has 0 aromatic heterocycles. The summed E-state index contributed by atoms with van der Waals surface area (Å²) in [5, 5.41) is 6.61. The lowest BCUT2D eigenvalue weighted by atomic mass is 10.2. The van der Waals surface area contributed by atoms with Crippen molar-refractivity contribution in [1.82, 2.24) is 10.6 Å². The van der Waals surface area contributed by atoms with Gasteiger partial charge in [0.2, 0.25) is 0 Å². The summed E-state index contributed by atoms with van der Waals surface area (Å²) >= 11 is 0. The van der Waals surface area contributed by atoms with Crippen LogP contribution in [-0.4, -0.2) is 51.5 Å². The molecular formula is C11H24N2O3. The number of methoxy groups -OCH3 is 1. The van der Waals surface area contributed by atoms with E-state index in [4.69, 9.17) is 4.74 Å². The molecule has 1 aliphatic heterocycles. The van der Waals surface area contributed by atoms with Crippen LogP contribution in [0.25, 0.3) is 0 Å². The third-order valence-electron chi connectivity index (χ3n) is 1.90. The Morgan fingerprint density at radius 1 is 1.38 bits per heavy atom. The molecule has 16 heavy (non-hydrogen) atoms. The Hall–Kier alpha value is -0.650. The molecule has 1 heterocycles. The quantitative estimate of drug-likeness (QED) is 0.678. The van der Waals surface area contributed by atoms with E-state index < -0.39 is 0 Å². The zero-order valence-electron chi connectivity index (χ0n) is 10.7. The SMILES string of the molecule is CC(C)(C)OC=O.COCC1CNCCN1. The zero-order chi connectivity index (χ0) is 12.4. The van der Waals surface area contributed by atoms with Gasteiger partial charge in [-0.3, -0.25) is 4.79 Å². The molecule has 2 N–H and O–H groups in total. The van der Waals surface area contributed by atoms with E-state index in [1.807, 2.05) is 20.8 Å². The molecule has 96 valence electrons. The highest BCUT2D eigenvalue weighted by molar-refractivity contribution is 5.37. The lowest BCUT2D eigenvalue weighted by Crippen LogP contribution is -2.50. The fraction of sp³-hybridized carbons (Fsp3) is 0.909. The Labute approximate surface area is 97.9 Å². The first kappa shape index (κ1) is 15.3. The second-order valence-corrected chi connectivity index (χ2v) is 4.64. The van der Waals surface area contributed by atoms with Crippen LogP contribution in [-0.2, 0) is 14.3 Å². The molecule has 0 amide bonds. The highest BCUT2D eigenvalue weighted by Crippen LogP contribution is 2.02. The summed E-state index contributed by atoms with van der Waals surface area (Å²) in [6.07, 6.45) is 0. The van der Waals surface area contributed by atoms with Crippen LogP contribution in [0.4, 0.5) is 0 Å². The first-order chi connectivity index (χ1) is 7.49. The molecule has 5 nitrogen and oxygen atoms in total. The third-order valence-corrected chi connectivity index (χ3v) is 1.90. The van der Waals surface area contributed by atoms with Crippen molar-refractivity contribution in [2.45, 2.75) is 32.4 Å². The van der Waals surface area contributed by atoms with Crippen LogP contribution in [0.1, 0.15) is 20.8 Å². The number of nitrogens with one attached hydrogen (secondary N) is 2. The Bertz CT molecular complexity index is 172. The van der Waals surface area contributed by atoms with Crippen LogP contribution in [0, 0.1) is 0 Å². The van der Waals surface area contributed by atoms with Gasteiger partial charge in [0.1, 0.15) is 5.60 Å². The number of hydrogen-bond donors (Lipinski definition) is 2. The molecule has 0 aromatic rings. The topological polar surface area (TPSA) is 59.6 Å². The van der Waals surface area contributed by atoms with E-state index in [1.54, 1.807) is 7.11 Å². The van der Waals surface area contributed by atoms with Crippen LogP contribution < -0.4 is 10.6 Å². The van der Waals surface area contributed by atoms with Crippen LogP contribution in [0.5, 0.6) is 0 Å². The number of hydrogen-bond acceptors (Lipinski definition) is 5. The van der Waals surface area contributed by atoms with E-state index in [-0.39, 0.29) is 5.60 Å². The second-order valence-electron chi connectivity index (χ2n) is 4.64. The van der Waals surface area contributed by atoms with Gasteiger partial charge in [0, 0.05) is 32.8 Å². The summed E-state index contributed by atoms with van der Waals surface area (Å²) in [6, 6.07) is 0.517. The Morgan fingerprint density at radius 3 is 2.38 bits per heavy atom. The highest BCUT2D eigenvalue weighted by atomic mass is 16.5. The summed E-state index contributed by atoms with van der Waals surface area (Å²) in [6.45, 7) is 9.92. The van der Waals surface area contributed by atoms with Crippen molar-refractivity contribution in [3.05, 3.63) is 0 Å². The lowest BCUT2D eigenvalue weighted by Gasteiger charge is -2.23. The van der Waals surface area contributed by atoms with Crippen molar-refractivity contribution in [2.75, 3.05) is 33.4 Å². The van der Waals surface area contributed by atoms with Crippen molar-refractivity contribution < 1.29 is 14.3 Å². The third kappa shape index (κ3) is 9.89. The average Bonchev–Trinajstić information content (AvgIpc) is 2.19. The fourth-order valence-electron chi connectivity index (χ4n) is 1.18. The van der Waals surface area contributed by atoms with Crippen LogP contribution in [0.2, 0.25) is 0 Å². The molecule has 0 spiro atoms. The minimum Gasteiger partial charge on any atom is -0.462 e. The van der Waals surface area contributed by atoms with Crippen molar-refractivity contribution in [3.8, 4) is 0 Å². The van der Waals surface area contributed by atoms with Crippen molar-refractivity contribution in [1.29, 1.82) is 0 Å². The fourth-order valence-corrected chi connectivity index (χ4v) is 1.18. The summed E-state index contributed by atoms with van der Waals surface area (Å²) in [7, 11) is 1.73. The molecule has 0 radical (unpaired) electrons.